The third kappa shape index (κ3) is 5.97. The molecule has 0 radical (unpaired) electrons. The Morgan fingerprint density at radius 1 is 1.29 bits per heavy atom. The zero-order valence-corrected chi connectivity index (χ0v) is 11.0. The first-order valence-electron chi connectivity index (χ1n) is 6.05. The summed E-state index contributed by atoms with van der Waals surface area (Å²) in [5.74, 6) is -1.22. The molecule has 0 aliphatic rings. The van der Waals surface area contributed by atoms with Gasteiger partial charge in [-0.1, -0.05) is 0 Å². The number of alkyl halides is 5. The molecule has 1 aromatic rings. The molecule has 0 aliphatic heterocycles. The van der Waals surface area contributed by atoms with Gasteiger partial charge in [-0.2, -0.15) is 0 Å². The summed E-state index contributed by atoms with van der Waals surface area (Å²) in [5, 5.41) is 0. The zero-order chi connectivity index (χ0) is 16.0. The van der Waals surface area contributed by atoms with Crippen LogP contribution in [0.4, 0.5) is 22.0 Å². The summed E-state index contributed by atoms with van der Waals surface area (Å²) in [5.41, 5.74) is -0.520. The van der Waals surface area contributed by atoms with E-state index in [0.29, 0.717) is 0 Å². The molecule has 0 aromatic heterocycles. The van der Waals surface area contributed by atoms with Crippen molar-refractivity contribution < 1.29 is 36.2 Å². The quantitative estimate of drug-likeness (QED) is 0.588. The maximum atomic E-state index is 12.8. The lowest BCUT2D eigenvalue weighted by atomic mass is 10.0. The van der Waals surface area contributed by atoms with Gasteiger partial charge in [-0.3, -0.25) is 4.79 Å². The van der Waals surface area contributed by atoms with Crippen molar-refractivity contribution in [2.75, 3.05) is 6.61 Å². The summed E-state index contributed by atoms with van der Waals surface area (Å²) >= 11 is 0. The molecule has 1 rings (SSSR count). The number of benzene rings is 1. The lowest BCUT2D eigenvalue weighted by Crippen LogP contribution is -2.17. The molecule has 1 aromatic carbocycles. The first kappa shape index (κ1) is 17.2. The number of hydrogen-bond acceptors (Lipinski definition) is 3. The highest BCUT2D eigenvalue weighted by molar-refractivity contribution is 5.69. The van der Waals surface area contributed by atoms with Gasteiger partial charge in [-0.05, 0) is 37.1 Å². The molecule has 8 heteroatoms. The van der Waals surface area contributed by atoms with Gasteiger partial charge in [-0.15, -0.1) is 13.2 Å². The molecule has 3 nitrogen and oxygen atoms in total. The Morgan fingerprint density at radius 3 is 2.48 bits per heavy atom. The van der Waals surface area contributed by atoms with Gasteiger partial charge in [0.1, 0.15) is 5.75 Å². The average molecular weight is 312 g/mol. The van der Waals surface area contributed by atoms with E-state index in [-0.39, 0.29) is 25.0 Å². The van der Waals surface area contributed by atoms with Gasteiger partial charge in [0.05, 0.1) is 6.61 Å². The van der Waals surface area contributed by atoms with Gasteiger partial charge in [0.25, 0.3) is 6.43 Å². The molecule has 0 atom stereocenters. The summed E-state index contributed by atoms with van der Waals surface area (Å²) < 4.78 is 70.2. The van der Waals surface area contributed by atoms with E-state index in [4.69, 9.17) is 0 Å². The highest BCUT2D eigenvalue weighted by atomic mass is 19.4. The van der Waals surface area contributed by atoms with Crippen molar-refractivity contribution in [1.82, 2.24) is 0 Å². The Hall–Kier alpha value is -1.86. The summed E-state index contributed by atoms with van der Waals surface area (Å²) in [6.07, 6.45) is -8.14. The Kier molecular flexibility index (Phi) is 5.92. The molecule has 0 heterocycles. The van der Waals surface area contributed by atoms with Crippen molar-refractivity contribution >= 4 is 5.97 Å². The van der Waals surface area contributed by atoms with E-state index in [1.54, 1.807) is 6.92 Å². The van der Waals surface area contributed by atoms with E-state index in [9.17, 15) is 26.7 Å². The maximum Gasteiger partial charge on any atom is 0.573 e. The van der Waals surface area contributed by atoms with Crippen LogP contribution in [0.2, 0.25) is 0 Å². The van der Waals surface area contributed by atoms with Crippen molar-refractivity contribution in [1.29, 1.82) is 0 Å². The molecule has 0 N–H and O–H groups in total. The van der Waals surface area contributed by atoms with Crippen LogP contribution < -0.4 is 4.74 Å². The van der Waals surface area contributed by atoms with Crippen molar-refractivity contribution in [3.8, 4) is 5.75 Å². The van der Waals surface area contributed by atoms with E-state index < -0.39 is 30.1 Å². The van der Waals surface area contributed by atoms with Crippen LogP contribution in [0.25, 0.3) is 0 Å². The molecular formula is C13H13F5O3. The zero-order valence-electron chi connectivity index (χ0n) is 11.0. The van der Waals surface area contributed by atoms with Gasteiger partial charge in [0.15, 0.2) is 0 Å². The molecule has 0 saturated carbocycles. The second-order valence-electron chi connectivity index (χ2n) is 4.01. The Morgan fingerprint density at radius 2 is 1.95 bits per heavy atom. The standard InChI is InChI=1S/C13H13F5O3/c1-2-20-11(19)6-3-8-7-9(21-13(16,17)18)4-5-10(8)12(14)15/h4-5,7,12H,2-3,6H2,1H3. The lowest BCUT2D eigenvalue weighted by molar-refractivity contribution is -0.274. The number of hydrogen-bond donors (Lipinski definition) is 0. The highest BCUT2D eigenvalue weighted by Gasteiger charge is 2.31. The minimum absolute atomic E-state index is 0.0835. The monoisotopic (exact) mass is 312 g/mol. The Labute approximate surface area is 117 Å². The van der Waals surface area contributed by atoms with Gasteiger partial charge in [-0.25, -0.2) is 8.78 Å². The fourth-order valence-corrected chi connectivity index (χ4v) is 1.68. The van der Waals surface area contributed by atoms with Crippen LogP contribution in [0.3, 0.4) is 0 Å². The molecular weight excluding hydrogens is 299 g/mol. The number of ether oxygens (including phenoxy) is 2. The SMILES string of the molecule is CCOC(=O)CCc1cc(OC(F)(F)F)ccc1C(F)F. The smallest absolute Gasteiger partial charge is 0.466 e. The van der Waals surface area contributed by atoms with Crippen LogP contribution in [-0.2, 0) is 16.0 Å². The van der Waals surface area contributed by atoms with Crippen molar-refractivity contribution in [2.24, 2.45) is 0 Å². The number of rotatable bonds is 6. The Bertz CT molecular complexity index is 485. The molecule has 0 fully saturated rings. The van der Waals surface area contributed by atoms with Crippen LogP contribution in [0.1, 0.15) is 30.9 Å². The van der Waals surface area contributed by atoms with Crippen LogP contribution in [0, 0.1) is 0 Å². The van der Waals surface area contributed by atoms with Crippen LogP contribution in [0.5, 0.6) is 5.75 Å². The highest BCUT2D eigenvalue weighted by Crippen LogP contribution is 2.30. The first-order valence-corrected chi connectivity index (χ1v) is 6.05. The average Bonchev–Trinajstić information content (AvgIpc) is 2.34. The van der Waals surface area contributed by atoms with Crippen LogP contribution in [0.15, 0.2) is 18.2 Å². The summed E-state index contributed by atoms with van der Waals surface area (Å²) in [4.78, 5) is 11.2. The molecule has 0 bridgehead atoms. The van der Waals surface area contributed by atoms with E-state index in [0.717, 1.165) is 18.2 Å². The second-order valence-corrected chi connectivity index (χ2v) is 4.01. The van der Waals surface area contributed by atoms with Gasteiger partial charge in [0, 0.05) is 12.0 Å². The minimum atomic E-state index is -4.91. The van der Waals surface area contributed by atoms with Gasteiger partial charge in [0.2, 0.25) is 0 Å². The third-order valence-corrected chi connectivity index (χ3v) is 2.49. The molecule has 118 valence electrons. The van der Waals surface area contributed by atoms with Gasteiger partial charge >= 0.3 is 12.3 Å². The topological polar surface area (TPSA) is 35.5 Å². The molecule has 0 spiro atoms. The van der Waals surface area contributed by atoms with Crippen LogP contribution >= 0.6 is 0 Å². The van der Waals surface area contributed by atoms with Crippen molar-refractivity contribution in [3.05, 3.63) is 29.3 Å². The lowest BCUT2D eigenvalue weighted by Gasteiger charge is -2.13. The Balaban J connectivity index is 2.91. The number of aryl methyl sites for hydroxylation is 1. The predicted octanol–water partition coefficient (Wildman–Crippen LogP) is 4.02. The molecule has 0 amide bonds. The van der Waals surface area contributed by atoms with Crippen molar-refractivity contribution in [3.63, 3.8) is 0 Å². The molecule has 21 heavy (non-hydrogen) atoms. The summed E-state index contributed by atoms with van der Waals surface area (Å²) in [7, 11) is 0. The summed E-state index contributed by atoms with van der Waals surface area (Å²) in [6, 6.07) is 2.52. The number of carbonyl (C=O) groups excluding carboxylic acids is 1. The van der Waals surface area contributed by atoms with Crippen molar-refractivity contribution in [2.45, 2.75) is 32.6 Å². The molecule has 0 unspecified atom stereocenters. The molecule has 0 saturated heterocycles. The van der Waals surface area contributed by atoms with Crippen LogP contribution in [-0.4, -0.2) is 18.9 Å². The predicted molar refractivity (Wildman–Crippen MR) is 63.0 cm³/mol. The van der Waals surface area contributed by atoms with E-state index >= 15 is 0 Å². The second kappa shape index (κ2) is 7.24. The maximum absolute atomic E-state index is 12.8. The largest absolute Gasteiger partial charge is 0.573 e. The van der Waals surface area contributed by atoms with E-state index in [1.165, 1.54) is 0 Å². The normalized spacial score (nSPS) is 11.6. The number of halogens is 5. The fraction of sp³-hybridized carbons (Fsp3) is 0.462. The number of carbonyl (C=O) groups is 1. The van der Waals surface area contributed by atoms with E-state index in [1.807, 2.05) is 0 Å². The van der Waals surface area contributed by atoms with Gasteiger partial charge < -0.3 is 9.47 Å². The van der Waals surface area contributed by atoms with E-state index in [2.05, 4.69) is 9.47 Å². The molecule has 0 aliphatic carbocycles. The fourth-order valence-electron chi connectivity index (χ4n) is 1.68. The minimum Gasteiger partial charge on any atom is -0.466 e. The first-order chi connectivity index (χ1) is 9.73. The summed E-state index contributed by atoms with van der Waals surface area (Å²) in [6.45, 7) is 1.72. The third-order valence-electron chi connectivity index (χ3n) is 2.49. The number of esters is 1.